The molecule has 0 unspecified atom stereocenters. The Kier molecular flexibility index (Phi) is 4.32. The molecule has 0 aromatic heterocycles. The fraction of sp³-hybridized carbons (Fsp3) is 0.467. The van der Waals surface area contributed by atoms with Crippen LogP contribution >= 0.6 is 11.6 Å². The molecule has 2 rings (SSSR count). The van der Waals surface area contributed by atoms with E-state index in [2.05, 4.69) is 10.6 Å². The first-order chi connectivity index (χ1) is 9.48. The van der Waals surface area contributed by atoms with Gasteiger partial charge in [0, 0.05) is 18.2 Å². The van der Waals surface area contributed by atoms with Crippen molar-refractivity contribution in [3.63, 3.8) is 0 Å². The number of hydrogen-bond donors (Lipinski definition) is 2. The number of halogens is 1. The van der Waals surface area contributed by atoms with E-state index in [4.69, 9.17) is 16.9 Å². The highest BCUT2D eigenvalue weighted by molar-refractivity contribution is 6.32. The summed E-state index contributed by atoms with van der Waals surface area (Å²) >= 11 is 6.04. The maximum Gasteiger partial charge on any atom is 0.162 e. The molecule has 1 fully saturated rings. The van der Waals surface area contributed by atoms with Gasteiger partial charge in [-0.3, -0.25) is 4.79 Å². The number of nitriles is 1. The van der Waals surface area contributed by atoms with Crippen molar-refractivity contribution in [1.29, 1.82) is 5.26 Å². The van der Waals surface area contributed by atoms with Crippen molar-refractivity contribution in [2.45, 2.75) is 25.8 Å². The average molecular weight is 292 g/mol. The largest absolute Gasteiger partial charge is 0.372 e. The molecule has 1 aromatic rings. The van der Waals surface area contributed by atoms with Gasteiger partial charge in [-0.05, 0) is 31.2 Å². The first kappa shape index (κ1) is 14.8. The molecule has 1 aliphatic heterocycles. The Hall–Kier alpha value is -1.57. The van der Waals surface area contributed by atoms with E-state index in [1.54, 1.807) is 18.2 Å². The van der Waals surface area contributed by atoms with Crippen molar-refractivity contribution in [2.75, 3.05) is 18.4 Å². The standard InChI is InChI=1S/C15H18ClN3O/c1-10(2)14(20)15(5-6-18-9-15)19-12-4-3-11(8-17)13(16)7-12/h3-4,7,10,18-19H,5-6,9H2,1-2H3/t15-/m0/s1. The van der Waals surface area contributed by atoms with E-state index in [0.717, 1.165) is 18.7 Å². The number of Topliss-reactive ketones (excluding diaryl/α,β-unsaturated/α-hetero) is 1. The van der Waals surface area contributed by atoms with Gasteiger partial charge in [-0.2, -0.15) is 5.26 Å². The van der Waals surface area contributed by atoms with Gasteiger partial charge in [0.2, 0.25) is 0 Å². The summed E-state index contributed by atoms with van der Waals surface area (Å²) in [4.78, 5) is 12.5. The van der Waals surface area contributed by atoms with Crippen LogP contribution in [-0.4, -0.2) is 24.4 Å². The first-order valence-corrected chi connectivity index (χ1v) is 7.09. The lowest BCUT2D eigenvalue weighted by molar-refractivity contribution is -0.125. The van der Waals surface area contributed by atoms with Crippen LogP contribution < -0.4 is 10.6 Å². The highest BCUT2D eigenvalue weighted by atomic mass is 35.5. The third-order valence-electron chi connectivity index (χ3n) is 3.62. The molecule has 0 amide bonds. The molecule has 0 saturated carbocycles. The molecule has 1 saturated heterocycles. The normalized spacial score (nSPS) is 21.8. The number of carbonyl (C=O) groups is 1. The van der Waals surface area contributed by atoms with Crippen LogP contribution in [0.5, 0.6) is 0 Å². The van der Waals surface area contributed by atoms with Crippen molar-refractivity contribution in [3.8, 4) is 6.07 Å². The van der Waals surface area contributed by atoms with Crippen LogP contribution in [0.25, 0.3) is 0 Å². The second-order valence-electron chi connectivity index (χ2n) is 5.46. The molecule has 4 nitrogen and oxygen atoms in total. The molecule has 5 heteroatoms. The van der Waals surface area contributed by atoms with Gasteiger partial charge in [0.1, 0.15) is 11.6 Å². The highest BCUT2D eigenvalue weighted by Gasteiger charge is 2.41. The van der Waals surface area contributed by atoms with E-state index in [0.29, 0.717) is 17.1 Å². The molecule has 0 radical (unpaired) electrons. The van der Waals surface area contributed by atoms with Crippen molar-refractivity contribution in [1.82, 2.24) is 5.32 Å². The lowest BCUT2D eigenvalue weighted by atomic mass is 9.86. The van der Waals surface area contributed by atoms with Crippen LogP contribution in [0.1, 0.15) is 25.8 Å². The first-order valence-electron chi connectivity index (χ1n) is 6.71. The lowest BCUT2D eigenvalue weighted by Crippen LogP contribution is -2.50. The minimum Gasteiger partial charge on any atom is -0.372 e. The Morgan fingerprint density at radius 2 is 2.30 bits per heavy atom. The number of carbonyl (C=O) groups excluding carboxylic acids is 1. The van der Waals surface area contributed by atoms with Gasteiger partial charge in [-0.15, -0.1) is 0 Å². The molecule has 0 aliphatic carbocycles. The summed E-state index contributed by atoms with van der Waals surface area (Å²) in [6.45, 7) is 5.25. The molecule has 1 aromatic carbocycles. The zero-order valence-corrected chi connectivity index (χ0v) is 12.4. The number of nitrogens with zero attached hydrogens (tertiary/aromatic N) is 1. The van der Waals surface area contributed by atoms with Gasteiger partial charge in [0.05, 0.1) is 10.6 Å². The van der Waals surface area contributed by atoms with Crippen LogP contribution in [0.3, 0.4) is 0 Å². The van der Waals surface area contributed by atoms with Gasteiger partial charge in [-0.1, -0.05) is 25.4 Å². The minimum atomic E-state index is -0.578. The Morgan fingerprint density at radius 1 is 1.55 bits per heavy atom. The summed E-state index contributed by atoms with van der Waals surface area (Å²) in [5.41, 5.74) is 0.628. The van der Waals surface area contributed by atoms with Gasteiger partial charge in [0.15, 0.2) is 5.78 Å². The Morgan fingerprint density at radius 3 is 2.80 bits per heavy atom. The maximum atomic E-state index is 12.5. The van der Waals surface area contributed by atoms with E-state index >= 15 is 0 Å². The number of benzene rings is 1. The molecule has 20 heavy (non-hydrogen) atoms. The number of anilines is 1. The summed E-state index contributed by atoms with van der Waals surface area (Å²) in [5, 5.41) is 15.8. The summed E-state index contributed by atoms with van der Waals surface area (Å²) in [6, 6.07) is 7.19. The monoisotopic (exact) mass is 291 g/mol. The van der Waals surface area contributed by atoms with Gasteiger partial charge < -0.3 is 10.6 Å². The van der Waals surface area contributed by atoms with E-state index in [1.807, 2.05) is 19.9 Å². The quantitative estimate of drug-likeness (QED) is 0.895. The predicted molar refractivity (Wildman–Crippen MR) is 79.9 cm³/mol. The van der Waals surface area contributed by atoms with Gasteiger partial charge in [0.25, 0.3) is 0 Å². The molecule has 1 atom stereocenters. The molecule has 106 valence electrons. The van der Waals surface area contributed by atoms with Crippen LogP contribution in [-0.2, 0) is 4.79 Å². The minimum absolute atomic E-state index is 0.0312. The fourth-order valence-corrected chi connectivity index (χ4v) is 2.81. The zero-order chi connectivity index (χ0) is 14.8. The summed E-state index contributed by atoms with van der Waals surface area (Å²) in [6.07, 6.45) is 0.752. The Balaban J connectivity index is 2.28. The number of ketones is 1. The number of hydrogen-bond acceptors (Lipinski definition) is 4. The van der Waals surface area contributed by atoms with Gasteiger partial charge in [-0.25, -0.2) is 0 Å². The maximum absolute atomic E-state index is 12.5. The average Bonchev–Trinajstić information content (AvgIpc) is 2.87. The van der Waals surface area contributed by atoms with E-state index in [-0.39, 0.29) is 11.7 Å². The molecular formula is C15H18ClN3O. The third kappa shape index (κ3) is 2.79. The number of nitrogens with one attached hydrogen (secondary N) is 2. The molecule has 1 aliphatic rings. The lowest BCUT2D eigenvalue weighted by Gasteiger charge is -2.31. The SMILES string of the molecule is CC(C)C(=O)[C@]1(Nc2ccc(C#N)c(Cl)c2)CCNC1. The topological polar surface area (TPSA) is 64.9 Å². The molecule has 0 bridgehead atoms. The van der Waals surface area contributed by atoms with E-state index in [1.165, 1.54) is 0 Å². The molecular weight excluding hydrogens is 274 g/mol. The highest BCUT2D eigenvalue weighted by Crippen LogP contribution is 2.28. The van der Waals surface area contributed by atoms with E-state index < -0.39 is 5.54 Å². The van der Waals surface area contributed by atoms with Crippen molar-refractivity contribution >= 4 is 23.1 Å². The zero-order valence-electron chi connectivity index (χ0n) is 11.7. The Labute approximate surface area is 124 Å². The fourth-order valence-electron chi connectivity index (χ4n) is 2.58. The van der Waals surface area contributed by atoms with Gasteiger partial charge >= 0.3 is 0 Å². The molecule has 2 N–H and O–H groups in total. The van der Waals surface area contributed by atoms with Crippen molar-refractivity contribution in [2.24, 2.45) is 5.92 Å². The van der Waals surface area contributed by atoms with E-state index in [9.17, 15) is 4.79 Å². The second-order valence-corrected chi connectivity index (χ2v) is 5.87. The molecule has 1 heterocycles. The van der Waals surface area contributed by atoms with Crippen LogP contribution in [0.15, 0.2) is 18.2 Å². The summed E-state index contributed by atoms with van der Waals surface area (Å²) < 4.78 is 0. The second kappa shape index (κ2) is 5.82. The predicted octanol–water partition coefficient (Wildman–Crippen LogP) is 2.58. The molecule has 0 spiro atoms. The summed E-state index contributed by atoms with van der Waals surface area (Å²) in [7, 11) is 0. The van der Waals surface area contributed by atoms with Crippen molar-refractivity contribution in [3.05, 3.63) is 28.8 Å². The van der Waals surface area contributed by atoms with Crippen LogP contribution in [0, 0.1) is 17.2 Å². The summed E-state index contributed by atoms with van der Waals surface area (Å²) in [5.74, 6) is 0.166. The smallest absolute Gasteiger partial charge is 0.162 e. The van der Waals surface area contributed by atoms with Crippen molar-refractivity contribution < 1.29 is 4.79 Å². The Bertz CT molecular complexity index is 557. The number of rotatable bonds is 4. The van der Waals surface area contributed by atoms with Crippen LogP contribution in [0.2, 0.25) is 5.02 Å². The third-order valence-corrected chi connectivity index (χ3v) is 3.94. The van der Waals surface area contributed by atoms with Crippen LogP contribution in [0.4, 0.5) is 5.69 Å².